The average Bonchev–Trinajstić information content (AvgIpc) is 3.38. The van der Waals surface area contributed by atoms with E-state index in [0.29, 0.717) is 12.4 Å². The zero-order chi connectivity index (χ0) is 29.4. The van der Waals surface area contributed by atoms with Gasteiger partial charge in [0.25, 0.3) is 5.91 Å². The van der Waals surface area contributed by atoms with E-state index < -0.39 is 23.3 Å². The van der Waals surface area contributed by atoms with E-state index in [4.69, 9.17) is 9.47 Å². The number of aliphatic hydroxyl groups excluding tert-OH is 1. The summed E-state index contributed by atoms with van der Waals surface area (Å²) in [6, 6.07) is 25.0. The van der Waals surface area contributed by atoms with Crippen LogP contribution in [0.4, 0.5) is 0 Å². The molecular formula is C35H35NO6. The topological polar surface area (TPSA) is 93.1 Å². The normalized spacial score (nSPS) is 16.3. The van der Waals surface area contributed by atoms with E-state index >= 15 is 0 Å². The number of rotatable bonds is 12. The van der Waals surface area contributed by atoms with Crippen molar-refractivity contribution >= 4 is 17.7 Å². The van der Waals surface area contributed by atoms with Gasteiger partial charge < -0.3 is 14.6 Å². The minimum atomic E-state index is -0.985. The molecule has 1 aliphatic heterocycles. The van der Waals surface area contributed by atoms with Crippen molar-refractivity contribution in [3.63, 3.8) is 0 Å². The maximum absolute atomic E-state index is 13.1. The van der Waals surface area contributed by atoms with Crippen molar-refractivity contribution in [1.82, 2.24) is 4.90 Å². The average molecular weight is 566 g/mol. The lowest BCUT2D eigenvalue weighted by atomic mass is 9.76. The van der Waals surface area contributed by atoms with Gasteiger partial charge in [-0.25, -0.2) is 4.90 Å². The number of benzene rings is 3. The Morgan fingerprint density at radius 1 is 0.857 bits per heavy atom. The van der Waals surface area contributed by atoms with E-state index in [9.17, 15) is 19.5 Å². The Bertz CT molecular complexity index is 1460. The number of carbonyl (C=O) groups is 3. The fraction of sp³-hybridized carbons (Fsp3) is 0.286. The molecule has 1 heterocycles. The smallest absolute Gasteiger partial charge is 0.267 e. The van der Waals surface area contributed by atoms with Gasteiger partial charge in [0.05, 0.1) is 6.61 Å². The van der Waals surface area contributed by atoms with Crippen molar-refractivity contribution in [2.75, 3.05) is 19.8 Å². The molecule has 0 saturated carbocycles. The van der Waals surface area contributed by atoms with Crippen LogP contribution in [-0.2, 0) is 26.3 Å². The molecule has 0 spiro atoms. The van der Waals surface area contributed by atoms with Crippen molar-refractivity contribution in [2.24, 2.45) is 0 Å². The van der Waals surface area contributed by atoms with Crippen LogP contribution in [0, 0.1) is 0 Å². The summed E-state index contributed by atoms with van der Waals surface area (Å²) >= 11 is 0. The fourth-order valence-corrected chi connectivity index (χ4v) is 5.59. The molecule has 0 radical (unpaired) electrons. The molecule has 5 rings (SSSR count). The van der Waals surface area contributed by atoms with Gasteiger partial charge in [-0.1, -0.05) is 72.8 Å². The highest BCUT2D eigenvalue weighted by Crippen LogP contribution is 2.44. The van der Waals surface area contributed by atoms with Crippen molar-refractivity contribution in [1.29, 1.82) is 0 Å². The van der Waals surface area contributed by atoms with Crippen LogP contribution < -0.4 is 4.74 Å². The second-order valence-corrected chi connectivity index (χ2v) is 10.4. The molecule has 216 valence electrons. The van der Waals surface area contributed by atoms with Crippen molar-refractivity contribution < 1.29 is 29.0 Å². The third kappa shape index (κ3) is 6.27. The van der Waals surface area contributed by atoms with Crippen molar-refractivity contribution in [2.45, 2.75) is 44.1 Å². The summed E-state index contributed by atoms with van der Waals surface area (Å²) in [6.07, 6.45) is 9.64. The van der Waals surface area contributed by atoms with Crippen LogP contribution in [0.25, 0.3) is 0 Å². The number of nitrogens with zero attached hydrogens (tertiary/aromatic N) is 1. The Kier molecular flexibility index (Phi) is 9.41. The van der Waals surface area contributed by atoms with Gasteiger partial charge in [0.2, 0.25) is 11.8 Å². The molecule has 1 N–H and O–H groups in total. The number of likely N-dealkylation sites (tertiary alicyclic amines) is 1. The molecule has 7 heteroatoms. The van der Waals surface area contributed by atoms with Crippen molar-refractivity contribution in [3.8, 4) is 5.75 Å². The van der Waals surface area contributed by atoms with Gasteiger partial charge in [0.15, 0.2) is 0 Å². The maximum Gasteiger partial charge on any atom is 0.267 e. The van der Waals surface area contributed by atoms with E-state index in [-0.39, 0.29) is 31.6 Å². The van der Waals surface area contributed by atoms with Crippen LogP contribution in [0.1, 0.15) is 59.2 Å². The van der Waals surface area contributed by atoms with Crippen LogP contribution in [-0.4, -0.2) is 47.5 Å². The summed E-state index contributed by atoms with van der Waals surface area (Å²) in [6.45, 7) is 0.540. The lowest BCUT2D eigenvalue weighted by molar-refractivity contribution is -0.134. The quantitative estimate of drug-likeness (QED) is 0.230. The summed E-state index contributed by atoms with van der Waals surface area (Å²) in [4.78, 5) is 38.2. The Balaban J connectivity index is 1.54. The van der Waals surface area contributed by atoms with E-state index in [1.165, 1.54) is 5.56 Å². The predicted octanol–water partition coefficient (Wildman–Crippen LogP) is 5.52. The highest BCUT2D eigenvalue weighted by atomic mass is 16.5. The van der Waals surface area contributed by atoms with Crippen LogP contribution in [0.3, 0.4) is 0 Å². The van der Waals surface area contributed by atoms with Gasteiger partial charge in [-0.15, -0.1) is 0 Å². The number of imide groups is 3. The molecule has 1 unspecified atom stereocenters. The first-order valence-corrected chi connectivity index (χ1v) is 14.4. The summed E-state index contributed by atoms with van der Waals surface area (Å²) < 4.78 is 12.7. The van der Waals surface area contributed by atoms with Crippen LogP contribution in [0.5, 0.6) is 5.75 Å². The van der Waals surface area contributed by atoms with E-state index in [2.05, 4.69) is 24.3 Å². The molecule has 0 bridgehead atoms. The highest BCUT2D eigenvalue weighted by molar-refractivity contribution is 6.19. The lowest BCUT2D eigenvalue weighted by Gasteiger charge is -2.38. The first-order valence-electron chi connectivity index (χ1n) is 14.4. The zero-order valence-corrected chi connectivity index (χ0v) is 23.5. The van der Waals surface area contributed by atoms with Gasteiger partial charge >= 0.3 is 0 Å². The molecule has 3 aromatic carbocycles. The molecule has 1 atom stereocenters. The minimum absolute atomic E-state index is 0.0545. The summed E-state index contributed by atoms with van der Waals surface area (Å²) in [5, 5.41) is 9.32. The largest absolute Gasteiger partial charge is 0.491 e. The second-order valence-electron chi connectivity index (χ2n) is 10.4. The number of allylic oxidation sites excluding steroid dienone is 3. The fourth-order valence-electron chi connectivity index (χ4n) is 5.59. The van der Waals surface area contributed by atoms with E-state index in [1.54, 1.807) is 12.1 Å². The lowest BCUT2D eigenvalue weighted by Crippen LogP contribution is -2.36. The predicted molar refractivity (Wildman–Crippen MR) is 159 cm³/mol. The third-order valence-corrected chi connectivity index (χ3v) is 7.63. The monoisotopic (exact) mass is 565 g/mol. The van der Waals surface area contributed by atoms with Gasteiger partial charge in [0.1, 0.15) is 18.0 Å². The SMILES string of the molecule is O=C1CCC(=O)N1C(=O)c1ccc(C(OCCCc2ccccc2)(C2=CC=CCC2)c2cccc(OCCO)c2)cc1. The number of amides is 3. The molecule has 1 fully saturated rings. The van der Waals surface area contributed by atoms with Crippen LogP contribution >= 0.6 is 0 Å². The molecule has 3 aromatic rings. The van der Waals surface area contributed by atoms with Crippen molar-refractivity contribution in [3.05, 3.63) is 125 Å². The van der Waals surface area contributed by atoms with Crippen LogP contribution in [0.2, 0.25) is 0 Å². The Hall–Kier alpha value is -4.33. The summed E-state index contributed by atoms with van der Waals surface area (Å²) in [5.41, 5.74) is 3.26. The Morgan fingerprint density at radius 2 is 1.62 bits per heavy atom. The second kappa shape index (κ2) is 13.6. The zero-order valence-electron chi connectivity index (χ0n) is 23.5. The van der Waals surface area contributed by atoms with Gasteiger partial charge in [-0.2, -0.15) is 0 Å². The highest BCUT2D eigenvalue weighted by Gasteiger charge is 2.40. The first kappa shape index (κ1) is 29.2. The molecule has 2 aliphatic rings. The van der Waals surface area contributed by atoms with E-state index in [1.807, 2.05) is 60.7 Å². The molecule has 3 amide bonds. The van der Waals surface area contributed by atoms with Gasteiger partial charge in [-0.3, -0.25) is 14.4 Å². The van der Waals surface area contributed by atoms with E-state index in [0.717, 1.165) is 47.3 Å². The Labute approximate surface area is 246 Å². The number of hydrogen-bond donors (Lipinski definition) is 1. The maximum atomic E-state index is 13.1. The molecule has 42 heavy (non-hydrogen) atoms. The number of ether oxygens (including phenoxy) is 2. The molecule has 1 aliphatic carbocycles. The summed E-state index contributed by atoms with van der Waals surface area (Å²) in [5.74, 6) is -0.931. The number of hydrogen-bond acceptors (Lipinski definition) is 6. The Morgan fingerprint density at radius 3 is 2.31 bits per heavy atom. The molecular weight excluding hydrogens is 530 g/mol. The summed E-state index contributed by atoms with van der Waals surface area (Å²) in [7, 11) is 0. The van der Waals surface area contributed by atoms with Crippen LogP contribution in [0.15, 0.2) is 103 Å². The van der Waals surface area contributed by atoms with Gasteiger partial charge in [-0.05, 0) is 72.2 Å². The molecule has 0 aromatic heterocycles. The molecule has 1 saturated heterocycles. The number of aliphatic hydroxyl groups is 1. The number of carbonyl (C=O) groups excluding carboxylic acids is 3. The first-order chi connectivity index (χ1) is 20.5. The standard InChI is InChI=1S/C35H35NO6/c37-22-24-41-31-15-7-14-30(25-31)35(28-12-5-2-6-13-28,42-23-8-11-26-9-3-1-4-10-26)29-18-16-27(17-19-29)34(40)36-32(38)20-21-33(36)39/h1-5,7,9-10,12,14-19,25,37H,6,8,11,13,20-24H2. The third-order valence-electron chi connectivity index (χ3n) is 7.63. The minimum Gasteiger partial charge on any atom is -0.491 e. The number of aryl methyl sites for hydroxylation is 1. The van der Waals surface area contributed by atoms with Gasteiger partial charge in [0, 0.05) is 25.0 Å². The molecule has 7 nitrogen and oxygen atoms in total.